The Bertz CT molecular complexity index is 852. The molecular weight excluding hydrogens is 356 g/mol. The fraction of sp³-hybridized carbons (Fsp3) is 0.588. The third-order valence-corrected chi connectivity index (χ3v) is 7.48. The highest BCUT2D eigenvalue weighted by atomic mass is 32.2. The molecule has 1 saturated carbocycles. The van der Waals surface area contributed by atoms with Crippen LogP contribution in [0, 0.1) is 5.92 Å². The number of pyridine rings is 1. The smallest absolute Gasteiger partial charge is 0.331 e. The van der Waals surface area contributed by atoms with Gasteiger partial charge in [-0.1, -0.05) is 17.5 Å². The van der Waals surface area contributed by atoms with Crippen LogP contribution in [0.15, 0.2) is 29.4 Å². The molecule has 2 saturated heterocycles. The van der Waals surface area contributed by atoms with Gasteiger partial charge in [-0.2, -0.15) is 4.31 Å². The largest absolute Gasteiger partial charge is 0.340 e. The number of carbonyl (C=O) groups excluding carboxylic acids is 2. The number of ketones is 1. The monoisotopic (exact) mass is 379 g/mol. The first-order valence-corrected chi connectivity index (χ1v) is 10.4. The molecule has 2 atom stereocenters. The summed E-state index contributed by atoms with van der Waals surface area (Å²) in [6, 6.07) is 3.48. The maximum atomic E-state index is 13.0. The van der Waals surface area contributed by atoms with Gasteiger partial charge < -0.3 is 4.90 Å². The topological polar surface area (TPSA) is 105 Å². The molecule has 9 heteroatoms. The number of fused-ring (bicyclic) bond motifs is 1. The number of Topliss-reactive ketones (excluding diaryl/α,β-unsaturated/α-hetero) is 1. The van der Waals surface area contributed by atoms with Crippen molar-refractivity contribution in [1.82, 2.24) is 9.21 Å². The van der Waals surface area contributed by atoms with Gasteiger partial charge in [0.2, 0.25) is 12.1 Å². The molecule has 1 amide bonds. The average molecular weight is 379 g/mol. The van der Waals surface area contributed by atoms with Gasteiger partial charge in [0.05, 0.1) is 12.6 Å². The third kappa shape index (κ3) is 2.88. The summed E-state index contributed by atoms with van der Waals surface area (Å²) in [5.41, 5.74) is 0. The van der Waals surface area contributed by atoms with Crippen LogP contribution in [-0.4, -0.2) is 54.5 Å². The van der Waals surface area contributed by atoms with E-state index in [2.05, 4.69) is 0 Å². The van der Waals surface area contributed by atoms with Crippen molar-refractivity contribution in [2.75, 3.05) is 18.9 Å². The van der Waals surface area contributed by atoms with Crippen LogP contribution in [0.25, 0.3) is 0 Å². The van der Waals surface area contributed by atoms with Crippen molar-refractivity contribution in [3.8, 4) is 0 Å². The van der Waals surface area contributed by atoms with Crippen LogP contribution in [0.2, 0.25) is 0 Å². The van der Waals surface area contributed by atoms with E-state index in [9.17, 15) is 18.0 Å². The Morgan fingerprint density at radius 1 is 1.27 bits per heavy atom. The summed E-state index contributed by atoms with van der Waals surface area (Å²) in [6.07, 6.45) is 5.59. The Balaban J connectivity index is 1.55. The summed E-state index contributed by atoms with van der Waals surface area (Å²) >= 11 is 0. The van der Waals surface area contributed by atoms with Crippen LogP contribution in [0.4, 0.5) is 0 Å². The molecule has 3 aliphatic rings. The van der Waals surface area contributed by atoms with E-state index in [-0.39, 0.29) is 23.3 Å². The summed E-state index contributed by atoms with van der Waals surface area (Å²) < 4.78 is 28.3. The van der Waals surface area contributed by atoms with Crippen molar-refractivity contribution >= 4 is 21.7 Å². The predicted molar refractivity (Wildman–Crippen MR) is 91.6 cm³/mol. The molecule has 0 aromatic carbocycles. The Morgan fingerprint density at radius 2 is 2.04 bits per heavy atom. The zero-order chi connectivity index (χ0) is 18.5. The summed E-state index contributed by atoms with van der Waals surface area (Å²) in [6.45, 7) is 0.215. The molecule has 1 aromatic rings. The number of hydrogen-bond acceptors (Lipinski definition) is 5. The number of sulfonamides is 1. The van der Waals surface area contributed by atoms with Crippen LogP contribution >= 0.6 is 0 Å². The lowest BCUT2D eigenvalue weighted by Gasteiger charge is -2.23. The summed E-state index contributed by atoms with van der Waals surface area (Å²) in [7, 11) is -3.91. The van der Waals surface area contributed by atoms with E-state index in [0.29, 0.717) is 25.3 Å². The maximum absolute atomic E-state index is 13.0. The van der Waals surface area contributed by atoms with E-state index in [1.807, 2.05) is 0 Å². The van der Waals surface area contributed by atoms with Crippen molar-refractivity contribution in [1.29, 1.82) is 0 Å². The van der Waals surface area contributed by atoms with Gasteiger partial charge in [-0.25, -0.2) is 14.3 Å². The fourth-order valence-corrected chi connectivity index (χ4v) is 5.72. The first-order chi connectivity index (χ1) is 12.4. The van der Waals surface area contributed by atoms with Crippen LogP contribution in [0.1, 0.15) is 32.1 Å². The second-order valence-corrected chi connectivity index (χ2v) is 9.17. The quantitative estimate of drug-likeness (QED) is 0.544. The van der Waals surface area contributed by atoms with Crippen LogP contribution in [-0.2, 0) is 19.6 Å². The number of carbonyl (C=O) groups is 2. The number of nitrogen functional groups attached to an aromatic ring is 1. The normalized spacial score (nSPS) is 26.3. The van der Waals surface area contributed by atoms with Crippen molar-refractivity contribution in [2.24, 2.45) is 5.92 Å². The minimum Gasteiger partial charge on any atom is -0.331 e. The SMILES string of the molecule is N[n+]1ccccc1S(=O)(=O)N1CC(=O)C2C1CCN2C(=O)CCC1CC1. The third-order valence-electron chi connectivity index (χ3n) is 5.59. The minimum absolute atomic E-state index is 0.0365. The minimum atomic E-state index is -3.91. The van der Waals surface area contributed by atoms with E-state index in [1.165, 1.54) is 29.4 Å². The van der Waals surface area contributed by atoms with Gasteiger partial charge in [-0.05, 0) is 24.8 Å². The lowest BCUT2D eigenvalue weighted by atomic mass is 10.1. The first-order valence-electron chi connectivity index (χ1n) is 8.99. The molecule has 2 unspecified atom stereocenters. The van der Waals surface area contributed by atoms with Crippen LogP contribution < -0.4 is 10.5 Å². The molecule has 2 aliphatic heterocycles. The molecular formula is C17H23N4O4S+. The molecule has 1 aliphatic carbocycles. The van der Waals surface area contributed by atoms with Gasteiger partial charge in [0.15, 0.2) is 5.78 Å². The second kappa shape index (κ2) is 6.31. The van der Waals surface area contributed by atoms with E-state index in [4.69, 9.17) is 5.84 Å². The number of likely N-dealkylation sites (tertiary alicyclic amines) is 1. The molecule has 0 bridgehead atoms. The Hall–Kier alpha value is -2.00. The molecule has 4 rings (SSSR count). The van der Waals surface area contributed by atoms with E-state index < -0.39 is 22.1 Å². The number of rotatable bonds is 5. The maximum Gasteiger partial charge on any atom is 0.340 e. The highest BCUT2D eigenvalue weighted by Gasteiger charge is 2.55. The zero-order valence-electron chi connectivity index (χ0n) is 14.5. The molecule has 0 spiro atoms. The Kier molecular flexibility index (Phi) is 4.23. The number of aromatic nitrogens is 1. The van der Waals surface area contributed by atoms with Crippen molar-refractivity contribution in [2.45, 2.75) is 49.2 Å². The zero-order valence-corrected chi connectivity index (χ0v) is 15.3. The molecule has 3 heterocycles. The van der Waals surface area contributed by atoms with Gasteiger partial charge in [-0.15, -0.1) is 0 Å². The molecule has 0 radical (unpaired) electrons. The van der Waals surface area contributed by atoms with Gasteiger partial charge in [-0.3, -0.25) is 9.59 Å². The Labute approximate surface area is 152 Å². The fourth-order valence-electron chi connectivity index (χ4n) is 4.03. The van der Waals surface area contributed by atoms with Crippen LogP contribution in [0.5, 0.6) is 0 Å². The first kappa shape index (κ1) is 17.4. The van der Waals surface area contributed by atoms with Crippen molar-refractivity contribution in [3.63, 3.8) is 0 Å². The van der Waals surface area contributed by atoms with Gasteiger partial charge in [0, 0.05) is 25.1 Å². The predicted octanol–water partition coefficient (Wildman–Crippen LogP) is -0.579. The lowest BCUT2D eigenvalue weighted by Crippen LogP contribution is -2.52. The molecule has 8 nitrogen and oxygen atoms in total. The summed E-state index contributed by atoms with van der Waals surface area (Å²) in [5, 5.41) is -0.0630. The number of amides is 1. The highest BCUT2D eigenvalue weighted by Crippen LogP contribution is 2.36. The summed E-state index contributed by atoms with van der Waals surface area (Å²) in [4.78, 5) is 26.7. The Morgan fingerprint density at radius 3 is 2.73 bits per heavy atom. The number of nitrogens with two attached hydrogens (primary N) is 1. The van der Waals surface area contributed by atoms with Crippen LogP contribution in [0.3, 0.4) is 0 Å². The van der Waals surface area contributed by atoms with Gasteiger partial charge >= 0.3 is 15.0 Å². The number of nitrogens with zero attached hydrogens (tertiary/aromatic N) is 3. The van der Waals surface area contributed by atoms with E-state index in [0.717, 1.165) is 11.1 Å². The molecule has 140 valence electrons. The molecule has 2 N–H and O–H groups in total. The lowest BCUT2D eigenvalue weighted by molar-refractivity contribution is -0.678. The summed E-state index contributed by atoms with van der Waals surface area (Å²) in [5.74, 6) is 6.15. The second-order valence-electron chi connectivity index (χ2n) is 7.33. The number of hydrogen-bond donors (Lipinski definition) is 1. The molecule has 26 heavy (non-hydrogen) atoms. The van der Waals surface area contributed by atoms with Crippen molar-refractivity contribution < 1.29 is 22.7 Å². The molecule has 3 fully saturated rings. The highest BCUT2D eigenvalue weighted by molar-refractivity contribution is 7.89. The van der Waals surface area contributed by atoms with Crippen molar-refractivity contribution in [3.05, 3.63) is 24.4 Å². The van der Waals surface area contributed by atoms with E-state index >= 15 is 0 Å². The van der Waals surface area contributed by atoms with Gasteiger partial charge in [0.25, 0.3) is 0 Å². The standard InChI is InChI=1S/C17H23N4O4S/c18-20-9-2-1-3-16(20)26(24,25)21-11-14(22)17-13(21)8-10-19(17)15(23)7-6-12-4-5-12/h1-3,9,12-13,17H,4-8,10-11,18H2/q+1. The average Bonchev–Trinajstić information content (AvgIpc) is 3.23. The molecule has 1 aromatic heterocycles. The van der Waals surface area contributed by atoms with Gasteiger partial charge in [0.1, 0.15) is 6.04 Å². The van der Waals surface area contributed by atoms with E-state index in [1.54, 1.807) is 17.0 Å².